The zero-order valence-corrected chi connectivity index (χ0v) is 15.5. The number of aromatic hydroxyl groups is 1. The maximum atomic E-state index is 12.1. The van der Waals surface area contributed by atoms with E-state index in [1.54, 1.807) is 13.0 Å². The average molecular weight is 391 g/mol. The van der Waals surface area contributed by atoms with Crippen LogP contribution >= 0.6 is 22.9 Å². The van der Waals surface area contributed by atoms with Crippen molar-refractivity contribution in [3.05, 3.63) is 62.1 Å². The third-order valence-electron chi connectivity index (χ3n) is 3.70. The molecule has 2 aromatic heterocycles. The second-order valence-corrected chi connectivity index (χ2v) is 6.97. The molecule has 3 aromatic rings. The molecule has 1 unspecified atom stereocenters. The molecule has 0 spiro atoms. The molecular formula is C18H15ClN2O4S. The maximum absolute atomic E-state index is 12.1. The maximum Gasteiger partial charge on any atom is 0.348 e. The molecule has 0 saturated heterocycles. The molecule has 0 aliphatic carbocycles. The smallest absolute Gasteiger partial charge is 0.348 e. The van der Waals surface area contributed by atoms with Crippen molar-refractivity contribution in [2.75, 3.05) is 0 Å². The van der Waals surface area contributed by atoms with Gasteiger partial charge >= 0.3 is 5.63 Å². The Morgan fingerprint density at radius 1 is 1.46 bits per heavy atom. The summed E-state index contributed by atoms with van der Waals surface area (Å²) in [4.78, 5) is 29.1. The Morgan fingerprint density at radius 3 is 2.96 bits per heavy atom. The second kappa shape index (κ2) is 7.31. The van der Waals surface area contributed by atoms with Crippen LogP contribution in [0.2, 0.25) is 5.02 Å². The molecule has 1 atom stereocenters. The number of aryl methyl sites for hydroxylation is 1. The van der Waals surface area contributed by atoms with Gasteiger partial charge in [0.15, 0.2) is 0 Å². The molecule has 0 bridgehead atoms. The van der Waals surface area contributed by atoms with Crippen molar-refractivity contribution in [3.8, 4) is 5.75 Å². The van der Waals surface area contributed by atoms with E-state index in [4.69, 9.17) is 16.0 Å². The van der Waals surface area contributed by atoms with Gasteiger partial charge in [-0.25, -0.2) is 9.78 Å². The number of nitrogens with zero attached hydrogens (tertiary/aromatic N) is 1. The Bertz CT molecular complexity index is 1070. The molecule has 26 heavy (non-hydrogen) atoms. The van der Waals surface area contributed by atoms with Crippen molar-refractivity contribution in [1.29, 1.82) is 0 Å². The zero-order valence-electron chi connectivity index (χ0n) is 13.9. The first kappa shape index (κ1) is 18.2. The molecule has 2 heterocycles. The summed E-state index contributed by atoms with van der Waals surface area (Å²) in [6.45, 7) is 3.50. The van der Waals surface area contributed by atoms with Gasteiger partial charge < -0.3 is 14.8 Å². The van der Waals surface area contributed by atoms with Gasteiger partial charge in [0.1, 0.15) is 16.6 Å². The number of carbonyl (C=O) groups is 1. The van der Waals surface area contributed by atoms with E-state index in [1.807, 2.05) is 12.3 Å². The van der Waals surface area contributed by atoms with Crippen molar-refractivity contribution in [3.63, 3.8) is 0 Å². The Balaban J connectivity index is 1.75. The van der Waals surface area contributed by atoms with Crippen molar-refractivity contribution < 1.29 is 14.3 Å². The summed E-state index contributed by atoms with van der Waals surface area (Å²) in [5, 5.41) is 14.7. The minimum absolute atomic E-state index is 0.0468. The van der Waals surface area contributed by atoms with E-state index in [1.165, 1.54) is 35.6 Å². The molecule has 0 aliphatic rings. The van der Waals surface area contributed by atoms with Crippen LogP contribution in [-0.4, -0.2) is 16.0 Å². The summed E-state index contributed by atoms with van der Waals surface area (Å²) < 4.78 is 5.24. The lowest BCUT2D eigenvalue weighted by Gasteiger charge is -2.10. The molecule has 1 amide bonds. The highest BCUT2D eigenvalue weighted by molar-refractivity contribution is 7.16. The quantitative estimate of drug-likeness (QED) is 0.661. The molecule has 6 nitrogen and oxygen atoms in total. The Morgan fingerprint density at radius 2 is 2.23 bits per heavy atom. The topological polar surface area (TPSA) is 92.4 Å². The summed E-state index contributed by atoms with van der Waals surface area (Å²) in [6, 6.07) is 3.88. The number of hydrogen-bond acceptors (Lipinski definition) is 6. The van der Waals surface area contributed by atoms with E-state index in [-0.39, 0.29) is 11.6 Å². The monoisotopic (exact) mass is 390 g/mol. The van der Waals surface area contributed by atoms with Gasteiger partial charge in [-0.05, 0) is 54.6 Å². The third-order valence-corrected chi connectivity index (χ3v) is 5.01. The lowest BCUT2D eigenvalue weighted by atomic mass is 10.2. The number of benzene rings is 1. The van der Waals surface area contributed by atoms with Crippen LogP contribution in [0.3, 0.4) is 0 Å². The lowest BCUT2D eigenvalue weighted by molar-refractivity contribution is -0.117. The number of phenols is 1. The van der Waals surface area contributed by atoms with Crippen LogP contribution < -0.4 is 10.9 Å². The van der Waals surface area contributed by atoms with Gasteiger partial charge in [-0.3, -0.25) is 4.79 Å². The summed E-state index contributed by atoms with van der Waals surface area (Å²) in [7, 11) is 0. The summed E-state index contributed by atoms with van der Waals surface area (Å²) in [6.07, 6.45) is 2.83. The highest BCUT2D eigenvalue weighted by atomic mass is 35.5. The zero-order chi connectivity index (χ0) is 18.8. The van der Waals surface area contributed by atoms with Crippen LogP contribution in [0.25, 0.3) is 16.3 Å². The van der Waals surface area contributed by atoms with Gasteiger partial charge in [-0.15, -0.1) is 11.3 Å². The van der Waals surface area contributed by atoms with Crippen molar-refractivity contribution in [1.82, 2.24) is 10.3 Å². The molecule has 0 saturated carbocycles. The predicted molar refractivity (Wildman–Crippen MR) is 102 cm³/mol. The molecular weight excluding hydrogens is 376 g/mol. The van der Waals surface area contributed by atoms with Crippen LogP contribution in [0, 0.1) is 6.92 Å². The number of phenolic OH excluding ortho intramolecular Hbond substituents is 1. The highest BCUT2D eigenvalue weighted by Crippen LogP contribution is 2.23. The first-order valence-electron chi connectivity index (χ1n) is 7.71. The normalized spacial score (nSPS) is 12.6. The molecule has 0 radical (unpaired) electrons. The molecule has 134 valence electrons. The summed E-state index contributed by atoms with van der Waals surface area (Å²) >= 11 is 7.34. The first-order chi connectivity index (χ1) is 12.3. The molecule has 0 aliphatic heterocycles. The number of hydrogen-bond donors (Lipinski definition) is 2. The van der Waals surface area contributed by atoms with Gasteiger partial charge in [-0.1, -0.05) is 11.6 Å². The van der Waals surface area contributed by atoms with Crippen molar-refractivity contribution in [2.24, 2.45) is 0 Å². The molecule has 2 N–H and O–H groups in total. The van der Waals surface area contributed by atoms with Crippen LogP contribution in [0.5, 0.6) is 5.75 Å². The number of thiophene rings is 1. The number of amides is 1. The molecule has 1 aromatic carbocycles. The Hall–Kier alpha value is -2.64. The number of fused-ring (bicyclic) bond motifs is 1. The summed E-state index contributed by atoms with van der Waals surface area (Å²) in [5.41, 5.74) is 0.951. The SMILES string of the molecule is Cc1csc2nc(C(C)NC(=O)/C=C/c3ccc(O)cc3Cl)oc(=O)c12. The fraction of sp³-hybridized carbons (Fsp3) is 0.167. The second-order valence-electron chi connectivity index (χ2n) is 5.71. The van der Waals surface area contributed by atoms with Crippen LogP contribution in [-0.2, 0) is 4.79 Å². The van der Waals surface area contributed by atoms with Crippen molar-refractivity contribution >= 4 is 45.1 Å². The van der Waals surface area contributed by atoms with Crippen LogP contribution in [0.4, 0.5) is 0 Å². The average Bonchev–Trinajstić information content (AvgIpc) is 2.95. The minimum atomic E-state index is -0.582. The highest BCUT2D eigenvalue weighted by Gasteiger charge is 2.16. The van der Waals surface area contributed by atoms with Gasteiger partial charge in [0.25, 0.3) is 0 Å². The Kier molecular flexibility index (Phi) is 5.11. The van der Waals surface area contributed by atoms with Gasteiger partial charge in [-0.2, -0.15) is 0 Å². The molecule has 8 heteroatoms. The minimum Gasteiger partial charge on any atom is -0.508 e. The number of halogens is 1. The van der Waals surface area contributed by atoms with Gasteiger partial charge in [0.05, 0.1) is 10.4 Å². The predicted octanol–water partition coefficient (Wildman–Crippen LogP) is 3.81. The van der Waals surface area contributed by atoms with Gasteiger partial charge in [0.2, 0.25) is 11.8 Å². The summed E-state index contributed by atoms with van der Waals surface area (Å²) in [5.74, 6) is -0.201. The van der Waals surface area contributed by atoms with Crippen LogP contribution in [0.1, 0.15) is 30.0 Å². The standard InChI is InChI=1S/C18H15ClN2O4S/c1-9-8-26-17-15(9)18(24)25-16(21-17)10(2)20-14(23)6-4-11-3-5-12(22)7-13(11)19/h3-8,10,22H,1-2H3,(H,20,23)/b6-4+. The fourth-order valence-corrected chi connectivity index (χ4v) is 3.50. The first-order valence-corrected chi connectivity index (χ1v) is 8.97. The number of nitrogens with one attached hydrogen (secondary N) is 1. The Labute approximate surface area is 157 Å². The lowest BCUT2D eigenvalue weighted by Crippen LogP contribution is -2.26. The van der Waals surface area contributed by atoms with Crippen LogP contribution in [0.15, 0.2) is 38.9 Å². The van der Waals surface area contributed by atoms with E-state index in [9.17, 15) is 14.7 Å². The third kappa shape index (κ3) is 3.79. The molecule has 0 fully saturated rings. The van der Waals surface area contributed by atoms with E-state index in [0.717, 1.165) is 5.56 Å². The van der Waals surface area contributed by atoms with E-state index in [2.05, 4.69) is 10.3 Å². The van der Waals surface area contributed by atoms with Crippen molar-refractivity contribution in [2.45, 2.75) is 19.9 Å². The van der Waals surface area contributed by atoms with E-state index in [0.29, 0.717) is 20.8 Å². The van der Waals surface area contributed by atoms with Gasteiger partial charge in [0, 0.05) is 6.08 Å². The number of aromatic nitrogens is 1. The molecule has 3 rings (SSSR count). The number of rotatable bonds is 4. The van der Waals surface area contributed by atoms with E-state index >= 15 is 0 Å². The van der Waals surface area contributed by atoms with E-state index < -0.39 is 17.6 Å². The fourth-order valence-electron chi connectivity index (χ4n) is 2.36. The largest absolute Gasteiger partial charge is 0.508 e. The number of carbonyl (C=O) groups excluding carboxylic acids is 1.